The van der Waals surface area contributed by atoms with Crippen molar-refractivity contribution < 1.29 is 42.6 Å². The van der Waals surface area contributed by atoms with Crippen molar-refractivity contribution in [1.29, 1.82) is 0 Å². The molecule has 53 heavy (non-hydrogen) atoms. The summed E-state index contributed by atoms with van der Waals surface area (Å²) in [6, 6.07) is 0. The van der Waals surface area contributed by atoms with Crippen LogP contribution < -0.4 is 10.3 Å². The van der Waals surface area contributed by atoms with E-state index >= 15 is 0 Å². The molecule has 14 nitrogen and oxygen atoms in total. The van der Waals surface area contributed by atoms with Crippen LogP contribution in [0.4, 0.5) is 9.59 Å². The van der Waals surface area contributed by atoms with Crippen molar-refractivity contribution in [2.75, 3.05) is 6.61 Å². The number of aliphatic imine (C=N–C) groups is 2. The molecule has 3 amide bonds. The van der Waals surface area contributed by atoms with Gasteiger partial charge in [0.2, 0.25) is 0 Å². The molecular formula is C35H71N5O9Si4. The maximum atomic E-state index is 13.7. The Balaban J connectivity index is 2.96. The molecule has 0 saturated carbocycles. The number of hydrogen-bond acceptors (Lipinski definition) is 9. The highest BCUT2D eigenvalue weighted by Gasteiger charge is 2.58. The zero-order chi connectivity index (χ0) is 41.7. The monoisotopic (exact) mass is 817 g/mol. The van der Waals surface area contributed by atoms with Gasteiger partial charge in [0.05, 0.1) is 6.61 Å². The highest BCUT2D eigenvalue weighted by molar-refractivity contribution is 6.80. The number of carbonyl (C=O) groups is 3. The molecule has 0 aromatic rings. The van der Waals surface area contributed by atoms with E-state index in [-0.39, 0.29) is 32.7 Å². The van der Waals surface area contributed by atoms with Gasteiger partial charge in [0.1, 0.15) is 18.3 Å². The molecule has 0 spiro atoms. The van der Waals surface area contributed by atoms with E-state index in [2.05, 4.69) is 156 Å². The van der Waals surface area contributed by atoms with E-state index < -0.39 is 87.7 Å². The van der Waals surface area contributed by atoms with Gasteiger partial charge in [-0.25, -0.2) is 14.6 Å². The SMILES string of the molecule is CC(C)(C)[Si](C)(C)NC1=NC(N(C(=O)O)[C@@H]2O[C@H](CO[Si](C)(C)C(C)(C)C)[C@@H](O[Si](C)(C)C(C)(C)C)[C@H]2O[Si](C)(C)C(C)(C)C)/C(=N/C(=O)O)C(=O)N1. The van der Waals surface area contributed by atoms with E-state index in [4.69, 9.17) is 18.0 Å². The Morgan fingerprint density at radius 1 is 0.792 bits per heavy atom. The predicted octanol–water partition coefficient (Wildman–Crippen LogP) is 8.02. The molecular weight excluding hydrogens is 747 g/mol. The van der Waals surface area contributed by atoms with Gasteiger partial charge in [0.25, 0.3) is 5.91 Å². The van der Waals surface area contributed by atoms with Crippen LogP contribution in [0.3, 0.4) is 0 Å². The minimum Gasteiger partial charge on any atom is -0.465 e. The number of guanidine groups is 1. The third kappa shape index (κ3) is 10.9. The highest BCUT2D eigenvalue weighted by Crippen LogP contribution is 2.45. The van der Waals surface area contributed by atoms with E-state index in [1.807, 2.05) is 0 Å². The van der Waals surface area contributed by atoms with Crippen molar-refractivity contribution in [1.82, 2.24) is 15.2 Å². The van der Waals surface area contributed by atoms with E-state index in [1.165, 1.54) is 0 Å². The summed E-state index contributed by atoms with van der Waals surface area (Å²) in [6.07, 6.45) is -8.76. The predicted molar refractivity (Wildman–Crippen MR) is 221 cm³/mol. The number of carboxylic acid groups (broad SMARTS) is 2. The lowest BCUT2D eigenvalue weighted by atomic mass is 10.1. The molecule has 0 aromatic heterocycles. The Labute approximate surface area is 322 Å². The van der Waals surface area contributed by atoms with Gasteiger partial charge in [-0.2, -0.15) is 4.99 Å². The Morgan fingerprint density at radius 3 is 1.64 bits per heavy atom. The zero-order valence-corrected chi connectivity index (χ0v) is 40.2. The number of amides is 3. The molecule has 1 unspecified atom stereocenters. The normalized spacial score (nSPS) is 24.9. The Morgan fingerprint density at radius 2 is 1.25 bits per heavy atom. The summed E-state index contributed by atoms with van der Waals surface area (Å²) in [5, 5.41) is 22.6. The van der Waals surface area contributed by atoms with Gasteiger partial charge < -0.3 is 33.2 Å². The van der Waals surface area contributed by atoms with Crippen LogP contribution in [0, 0.1) is 0 Å². The van der Waals surface area contributed by atoms with Gasteiger partial charge in [0, 0.05) is 0 Å². The maximum absolute atomic E-state index is 13.7. The average Bonchev–Trinajstić information content (AvgIpc) is 3.21. The summed E-state index contributed by atoms with van der Waals surface area (Å²) in [4.78, 5) is 51.8. The molecule has 2 rings (SSSR count). The maximum Gasteiger partial charge on any atom is 0.431 e. The van der Waals surface area contributed by atoms with Gasteiger partial charge in [-0.1, -0.05) is 96.2 Å². The van der Waals surface area contributed by atoms with Crippen molar-refractivity contribution in [3.8, 4) is 0 Å². The van der Waals surface area contributed by atoms with Crippen molar-refractivity contribution in [2.45, 2.75) is 186 Å². The fraction of sp³-hybridized carbons (Fsp3) is 0.857. The van der Waals surface area contributed by atoms with Gasteiger partial charge in [-0.3, -0.25) is 15.0 Å². The second-order valence-electron chi connectivity index (χ2n) is 20.6. The number of rotatable bonds is 10. The largest absolute Gasteiger partial charge is 0.465 e. The van der Waals surface area contributed by atoms with Gasteiger partial charge in [-0.05, 0) is 59.4 Å². The molecule has 2 aliphatic rings. The van der Waals surface area contributed by atoms with Crippen LogP contribution in [0.15, 0.2) is 9.98 Å². The minimum atomic E-state index is -2.69. The molecule has 0 bridgehead atoms. The first kappa shape index (κ1) is 47.2. The van der Waals surface area contributed by atoms with Crippen molar-refractivity contribution in [2.24, 2.45) is 9.98 Å². The number of nitrogens with zero attached hydrogens (tertiary/aromatic N) is 3. The van der Waals surface area contributed by atoms with Gasteiger partial charge in [0.15, 0.2) is 57.3 Å². The topological polar surface area (TPSA) is 181 Å². The van der Waals surface area contributed by atoms with Crippen molar-refractivity contribution >= 4 is 63.0 Å². The van der Waals surface area contributed by atoms with Crippen molar-refractivity contribution in [3.63, 3.8) is 0 Å². The zero-order valence-electron chi connectivity index (χ0n) is 36.2. The highest BCUT2D eigenvalue weighted by atomic mass is 28.4. The van der Waals surface area contributed by atoms with Crippen molar-refractivity contribution in [3.05, 3.63) is 0 Å². The Kier molecular flexibility index (Phi) is 13.8. The molecule has 1 saturated heterocycles. The summed E-state index contributed by atoms with van der Waals surface area (Å²) in [5.41, 5.74) is -0.599. The first-order chi connectivity index (χ1) is 23.4. The molecule has 2 aliphatic heterocycles. The summed E-state index contributed by atoms with van der Waals surface area (Å²) < 4.78 is 27.8. The lowest BCUT2D eigenvalue weighted by Crippen LogP contribution is -2.65. The molecule has 0 aromatic carbocycles. The van der Waals surface area contributed by atoms with E-state index in [0.29, 0.717) is 0 Å². The third-order valence-corrected chi connectivity index (χ3v) is 30.5. The second-order valence-corrected chi connectivity index (χ2v) is 39.9. The summed E-state index contributed by atoms with van der Waals surface area (Å²) in [6.45, 7) is 42.2. The van der Waals surface area contributed by atoms with E-state index in [9.17, 15) is 24.6 Å². The van der Waals surface area contributed by atoms with Crippen LogP contribution in [-0.4, -0.2) is 115 Å². The molecule has 5 atom stereocenters. The summed E-state index contributed by atoms with van der Waals surface area (Å²) in [7, 11) is -9.97. The van der Waals surface area contributed by atoms with E-state index in [1.54, 1.807) is 0 Å². The fourth-order valence-corrected chi connectivity index (χ4v) is 9.40. The Bertz CT molecular complexity index is 1440. The average molecular weight is 818 g/mol. The second kappa shape index (κ2) is 15.5. The first-order valence-corrected chi connectivity index (χ1v) is 30.2. The lowest BCUT2D eigenvalue weighted by molar-refractivity contribution is -0.115. The molecule has 306 valence electrons. The van der Waals surface area contributed by atoms with E-state index in [0.717, 1.165) is 4.90 Å². The third-order valence-electron chi connectivity index (χ3n) is 12.4. The standard InChI is InChI=1S/C35H71N5O9Si4/c1-32(2,3)50(13,14)39-29-37-26(23(27(41)38-29)36-30(42)43)40(31(44)45)28-25(49-53(19,20)35(10,11)12)24(48-52(17,18)34(7,8)9)22(47-28)21-46-51(15,16)33(4,5)6/h22,24-26,28H,21H2,1-20H3,(H,42,43)(H,44,45)(H2,37,38,39,41)/b36-23-/t22-,24-,25-,26?,28-/m1/s1. The van der Waals surface area contributed by atoms with Crippen LogP contribution >= 0.6 is 0 Å². The smallest absolute Gasteiger partial charge is 0.431 e. The van der Waals surface area contributed by atoms with Crippen LogP contribution in [0.5, 0.6) is 0 Å². The first-order valence-electron chi connectivity index (χ1n) is 18.5. The lowest BCUT2D eigenvalue weighted by Gasteiger charge is -2.45. The number of carbonyl (C=O) groups excluding carboxylic acids is 1. The summed E-state index contributed by atoms with van der Waals surface area (Å²) >= 11 is 0. The van der Waals surface area contributed by atoms with Crippen LogP contribution in [0.1, 0.15) is 83.1 Å². The fourth-order valence-electron chi connectivity index (χ4n) is 4.68. The molecule has 0 aliphatic carbocycles. The molecule has 4 N–H and O–H groups in total. The van der Waals surface area contributed by atoms with Gasteiger partial charge in [-0.15, -0.1) is 0 Å². The van der Waals surface area contributed by atoms with Crippen LogP contribution in [-0.2, 0) is 22.8 Å². The molecule has 0 radical (unpaired) electrons. The van der Waals surface area contributed by atoms with Crippen LogP contribution in [0.2, 0.25) is 72.5 Å². The number of ether oxygens (including phenoxy) is 1. The molecule has 2 heterocycles. The number of hydrogen-bond donors (Lipinski definition) is 4. The minimum absolute atomic E-state index is 0.0360. The quantitative estimate of drug-likeness (QED) is 0.158. The number of nitrogens with one attached hydrogen (secondary N) is 2. The molecule has 18 heteroatoms. The van der Waals surface area contributed by atoms with Gasteiger partial charge >= 0.3 is 12.2 Å². The van der Waals surface area contributed by atoms with Crippen LogP contribution in [0.25, 0.3) is 0 Å². The Hall–Kier alpha value is -1.94. The summed E-state index contributed by atoms with van der Waals surface area (Å²) in [5.74, 6) is -0.847. The molecule has 1 fully saturated rings.